The molecule has 1 aliphatic carbocycles. The van der Waals surface area contributed by atoms with Gasteiger partial charge in [-0.25, -0.2) is 0 Å². The molecule has 2 N–H and O–H groups in total. The van der Waals surface area contributed by atoms with E-state index in [-0.39, 0.29) is 17.2 Å². The predicted molar refractivity (Wildman–Crippen MR) is 36.0 cm³/mol. The maximum Gasteiger partial charge on any atom is 0.133 e. The first-order valence-corrected chi connectivity index (χ1v) is 3.31. The second-order valence-corrected chi connectivity index (χ2v) is 3.37. The van der Waals surface area contributed by atoms with E-state index in [1.807, 2.05) is 6.92 Å². The molecule has 2 nitrogen and oxygen atoms in total. The van der Waals surface area contributed by atoms with Gasteiger partial charge in [0.2, 0.25) is 0 Å². The summed E-state index contributed by atoms with van der Waals surface area (Å²) in [4.78, 5) is 10.7. The van der Waals surface area contributed by atoms with Crippen LogP contribution in [0.2, 0.25) is 0 Å². The first-order valence-electron chi connectivity index (χ1n) is 3.31. The Labute approximate surface area is 55.4 Å². The third kappa shape index (κ3) is 1.30. The van der Waals surface area contributed by atoms with Crippen LogP contribution in [0.4, 0.5) is 0 Å². The number of Topliss-reactive ketones (excluding diaryl/α,β-unsaturated/α-hetero) is 1. The van der Waals surface area contributed by atoms with Gasteiger partial charge in [-0.3, -0.25) is 4.79 Å². The van der Waals surface area contributed by atoms with Crippen LogP contribution in [0, 0.1) is 5.92 Å². The van der Waals surface area contributed by atoms with Gasteiger partial charge in [-0.05, 0) is 26.7 Å². The van der Waals surface area contributed by atoms with Gasteiger partial charge in [0.1, 0.15) is 5.78 Å². The van der Waals surface area contributed by atoms with Crippen molar-refractivity contribution in [3.63, 3.8) is 0 Å². The number of ketones is 1. The fraction of sp³-hybridized carbons (Fsp3) is 0.857. The molecule has 1 rings (SSSR count). The van der Waals surface area contributed by atoms with E-state index in [1.54, 1.807) is 6.92 Å². The van der Waals surface area contributed by atoms with Crippen LogP contribution in [0.1, 0.15) is 26.7 Å². The quantitative estimate of drug-likeness (QED) is 0.563. The molecule has 1 aliphatic rings. The van der Waals surface area contributed by atoms with Crippen molar-refractivity contribution in [1.29, 1.82) is 0 Å². The Bertz CT molecular complexity index is 132. The minimum atomic E-state index is -0.0453. The zero-order chi connectivity index (χ0) is 7.07. The summed E-state index contributed by atoms with van der Waals surface area (Å²) >= 11 is 0. The summed E-state index contributed by atoms with van der Waals surface area (Å²) in [6, 6.07) is 0. The average Bonchev–Trinajstić information content (AvgIpc) is 1.59. The molecule has 0 aromatic rings. The van der Waals surface area contributed by atoms with E-state index in [0.29, 0.717) is 0 Å². The zero-order valence-electron chi connectivity index (χ0n) is 5.98. The van der Waals surface area contributed by atoms with Crippen LogP contribution >= 0.6 is 0 Å². The van der Waals surface area contributed by atoms with Crippen molar-refractivity contribution in [2.45, 2.75) is 32.2 Å². The van der Waals surface area contributed by atoms with Gasteiger partial charge in [-0.1, -0.05) is 0 Å². The largest absolute Gasteiger partial charge is 0.325 e. The molecule has 0 saturated heterocycles. The summed E-state index contributed by atoms with van der Waals surface area (Å²) in [6.07, 6.45) is 1.75. The molecule has 1 saturated carbocycles. The van der Waals surface area contributed by atoms with Gasteiger partial charge < -0.3 is 5.73 Å². The molecule has 0 aromatic heterocycles. The highest BCUT2D eigenvalue weighted by Gasteiger charge is 2.38. The van der Waals surface area contributed by atoms with Crippen LogP contribution in [0.15, 0.2) is 0 Å². The van der Waals surface area contributed by atoms with Crippen molar-refractivity contribution >= 4 is 5.78 Å². The Kier molecular flexibility index (Phi) is 1.35. The first-order chi connectivity index (χ1) is 4.01. The molecule has 52 valence electrons. The second-order valence-electron chi connectivity index (χ2n) is 3.37. The molecule has 0 aromatic carbocycles. The molecule has 9 heavy (non-hydrogen) atoms. The molecule has 0 spiro atoms. The lowest BCUT2D eigenvalue weighted by molar-refractivity contribution is -0.125. The summed E-state index contributed by atoms with van der Waals surface area (Å²) in [5, 5.41) is 0. The van der Waals surface area contributed by atoms with Crippen molar-refractivity contribution in [2.75, 3.05) is 0 Å². The van der Waals surface area contributed by atoms with Gasteiger partial charge in [0.05, 0.1) is 0 Å². The Hall–Kier alpha value is -0.370. The first kappa shape index (κ1) is 6.75. The van der Waals surface area contributed by atoms with Crippen molar-refractivity contribution in [2.24, 2.45) is 11.7 Å². The Morgan fingerprint density at radius 2 is 2.11 bits per heavy atom. The lowest BCUT2D eigenvalue weighted by atomic mass is 9.69. The average molecular weight is 127 g/mol. The molecule has 0 bridgehead atoms. The highest BCUT2D eigenvalue weighted by molar-refractivity contribution is 5.79. The van der Waals surface area contributed by atoms with Crippen LogP contribution in [0.3, 0.4) is 0 Å². The number of hydrogen-bond acceptors (Lipinski definition) is 2. The van der Waals surface area contributed by atoms with Crippen LogP contribution < -0.4 is 5.73 Å². The molecule has 0 atom stereocenters. The summed E-state index contributed by atoms with van der Waals surface area (Å²) < 4.78 is 0. The van der Waals surface area contributed by atoms with Gasteiger partial charge in [0, 0.05) is 11.5 Å². The number of carbonyl (C=O) groups is 1. The van der Waals surface area contributed by atoms with Crippen LogP contribution in [0.25, 0.3) is 0 Å². The van der Waals surface area contributed by atoms with Crippen molar-refractivity contribution in [3.05, 3.63) is 0 Å². The number of hydrogen-bond donors (Lipinski definition) is 1. The smallest absolute Gasteiger partial charge is 0.133 e. The highest BCUT2D eigenvalue weighted by Crippen LogP contribution is 2.35. The van der Waals surface area contributed by atoms with E-state index in [2.05, 4.69) is 0 Å². The normalized spacial score (nSPS) is 41.9. The molecule has 0 heterocycles. The Morgan fingerprint density at radius 1 is 1.67 bits per heavy atom. The van der Waals surface area contributed by atoms with Crippen molar-refractivity contribution in [3.8, 4) is 0 Å². The third-order valence-corrected chi connectivity index (χ3v) is 2.00. The van der Waals surface area contributed by atoms with Gasteiger partial charge >= 0.3 is 0 Å². The summed E-state index contributed by atoms with van der Waals surface area (Å²) in [5.74, 6) is 0.554. The van der Waals surface area contributed by atoms with E-state index in [0.717, 1.165) is 12.8 Å². The van der Waals surface area contributed by atoms with E-state index >= 15 is 0 Å². The standard InChI is InChI=1S/C7H13NO/c1-5(9)6-3-7(2,8)4-6/h6H,3-4,8H2,1-2H3. The SMILES string of the molecule is CC(=O)C1CC(C)(N)C1. The molecule has 0 aliphatic heterocycles. The molecular weight excluding hydrogens is 114 g/mol. The van der Waals surface area contributed by atoms with Crippen LogP contribution in [0.5, 0.6) is 0 Å². The minimum Gasteiger partial charge on any atom is -0.325 e. The predicted octanol–water partition coefficient (Wildman–Crippen LogP) is 0.703. The topological polar surface area (TPSA) is 43.1 Å². The molecule has 2 heteroatoms. The van der Waals surface area contributed by atoms with E-state index in [9.17, 15) is 4.79 Å². The summed E-state index contributed by atoms with van der Waals surface area (Å²) in [6.45, 7) is 3.63. The number of rotatable bonds is 1. The molecule has 0 amide bonds. The van der Waals surface area contributed by atoms with Gasteiger partial charge in [-0.15, -0.1) is 0 Å². The molecule has 0 radical (unpaired) electrons. The number of carbonyl (C=O) groups excluding carboxylic acids is 1. The number of nitrogens with two attached hydrogens (primary N) is 1. The molecular formula is C7H13NO. The van der Waals surface area contributed by atoms with E-state index < -0.39 is 0 Å². The zero-order valence-corrected chi connectivity index (χ0v) is 5.98. The van der Waals surface area contributed by atoms with Gasteiger partial charge in [0.15, 0.2) is 0 Å². The molecule has 0 unspecified atom stereocenters. The van der Waals surface area contributed by atoms with Gasteiger partial charge in [-0.2, -0.15) is 0 Å². The van der Waals surface area contributed by atoms with E-state index in [4.69, 9.17) is 5.73 Å². The highest BCUT2D eigenvalue weighted by atomic mass is 16.1. The lowest BCUT2D eigenvalue weighted by Crippen LogP contribution is -2.51. The minimum absolute atomic E-state index is 0.0453. The van der Waals surface area contributed by atoms with E-state index in [1.165, 1.54) is 0 Å². The third-order valence-electron chi connectivity index (χ3n) is 2.00. The Balaban J connectivity index is 2.35. The summed E-state index contributed by atoms with van der Waals surface area (Å²) in [7, 11) is 0. The fourth-order valence-electron chi connectivity index (χ4n) is 1.35. The summed E-state index contributed by atoms with van der Waals surface area (Å²) in [5.41, 5.74) is 5.65. The monoisotopic (exact) mass is 127 g/mol. The van der Waals surface area contributed by atoms with Crippen LogP contribution in [-0.4, -0.2) is 11.3 Å². The van der Waals surface area contributed by atoms with Crippen molar-refractivity contribution < 1.29 is 4.79 Å². The second kappa shape index (κ2) is 1.81. The molecule has 1 fully saturated rings. The maximum atomic E-state index is 10.7. The van der Waals surface area contributed by atoms with Crippen LogP contribution in [-0.2, 0) is 4.79 Å². The lowest BCUT2D eigenvalue weighted by Gasteiger charge is -2.40. The van der Waals surface area contributed by atoms with Gasteiger partial charge in [0.25, 0.3) is 0 Å². The maximum absolute atomic E-state index is 10.7. The Morgan fingerprint density at radius 3 is 2.22 bits per heavy atom. The van der Waals surface area contributed by atoms with Crippen molar-refractivity contribution in [1.82, 2.24) is 0 Å². The fourth-order valence-corrected chi connectivity index (χ4v) is 1.35.